The van der Waals surface area contributed by atoms with Crippen molar-refractivity contribution in [2.45, 2.75) is 20.0 Å². The minimum atomic E-state index is -0.522. The third kappa shape index (κ3) is 2.57. The van der Waals surface area contributed by atoms with E-state index in [1.807, 2.05) is 0 Å². The number of nitrogens with one attached hydrogen (secondary N) is 1. The quantitative estimate of drug-likeness (QED) is 0.871. The Morgan fingerprint density at radius 1 is 1.39 bits per heavy atom. The van der Waals surface area contributed by atoms with E-state index >= 15 is 0 Å². The Balaban J connectivity index is 2.10. The second-order valence-electron chi connectivity index (χ2n) is 4.02. The molecule has 1 atom stereocenters. The van der Waals surface area contributed by atoms with Crippen LogP contribution in [0.4, 0.5) is 5.69 Å². The molecule has 0 aliphatic heterocycles. The Morgan fingerprint density at radius 3 is 2.56 bits per heavy atom. The summed E-state index contributed by atoms with van der Waals surface area (Å²) in [6.07, 6.45) is 0.715. The smallest absolute Gasteiger partial charge is 0.293 e. The summed E-state index contributed by atoms with van der Waals surface area (Å²) in [5.74, 6) is -0.135. The Bertz CT molecular complexity index is 544. The first-order chi connectivity index (χ1) is 8.58. The van der Waals surface area contributed by atoms with Crippen LogP contribution in [0.15, 0.2) is 35.1 Å². The Hall–Kier alpha value is -2.14. The number of aliphatic hydroxyl groups excluding tert-OH is 1. The van der Waals surface area contributed by atoms with Crippen molar-refractivity contribution in [2.75, 3.05) is 5.32 Å². The third-order valence-corrected chi connectivity index (χ3v) is 2.60. The summed E-state index contributed by atoms with van der Waals surface area (Å²) in [4.78, 5) is 15.7. The van der Waals surface area contributed by atoms with E-state index in [1.54, 1.807) is 38.1 Å². The molecule has 2 aromatic rings. The number of carbonyl (C=O) groups excluding carboxylic acids is 1. The first-order valence-corrected chi connectivity index (χ1v) is 5.57. The second-order valence-corrected chi connectivity index (χ2v) is 4.02. The van der Waals surface area contributed by atoms with E-state index in [-0.39, 0.29) is 11.7 Å². The number of hydrogen-bond acceptors (Lipinski definition) is 4. The van der Waals surface area contributed by atoms with Gasteiger partial charge in [0.15, 0.2) is 6.39 Å². The topological polar surface area (TPSA) is 75.4 Å². The summed E-state index contributed by atoms with van der Waals surface area (Å²) in [5.41, 5.74) is 1.98. The first-order valence-electron chi connectivity index (χ1n) is 5.57. The molecule has 5 nitrogen and oxygen atoms in total. The highest BCUT2D eigenvalue weighted by Gasteiger charge is 2.13. The van der Waals surface area contributed by atoms with Crippen molar-refractivity contribution in [3.8, 4) is 0 Å². The largest absolute Gasteiger partial charge is 0.438 e. The van der Waals surface area contributed by atoms with E-state index in [0.717, 1.165) is 5.56 Å². The summed E-state index contributed by atoms with van der Waals surface area (Å²) in [5, 5.41) is 12.1. The van der Waals surface area contributed by atoms with Crippen LogP contribution >= 0.6 is 0 Å². The Kier molecular flexibility index (Phi) is 3.43. The Morgan fingerprint density at radius 2 is 2.06 bits per heavy atom. The van der Waals surface area contributed by atoms with Crippen LogP contribution in [0.25, 0.3) is 0 Å². The molecule has 1 heterocycles. The number of aliphatic hydroxyl groups is 1. The number of carbonyl (C=O) groups is 1. The average molecular weight is 246 g/mol. The molecule has 1 aromatic heterocycles. The van der Waals surface area contributed by atoms with Crippen molar-refractivity contribution in [1.29, 1.82) is 0 Å². The summed E-state index contributed by atoms with van der Waals surface area (Å²) >= 11 is 0. The van der Waals surface area contributed by atoms with Crippen LogP contribution in [0, 0.1) is 6.92 Å². The fourth-order valence-electron chi connectivity index (χ4n) is 1.55. The maximum absolute atomic E-state index is 11.8. The van der Waals surface area contributed by atoms with Crippen molar-refractivity contribution in [3.63, 3.8) is 0 Å². The highest BCUT2D eigenvalue weighted by molar-refractivity contribution is 6.02. The summed E-state index contributed by atoms with van der Waals surface area (Å²) < 4.78 is 5.00. The van der Waals surface area contributed by atoms with Gasteiger partial charge in [0.2, 0.25) is 5.76 Å². The molecular weight excluding hydrogens is 232 g/mol. The number of rotatable bonds is 3. The molecule has 0 saturated heterocycles. The molecule has 1 amide bonds. The Labute approximate surface area is 104 Å². The van der Waals surface area contributed by atoms with Crippen LogP contribution in [0.3, 0.4) is 0 Å². The van der Waals surface area contributed by atoms with Crippen molar-refractivity contribution in [3.05, 3.63) is 47.7 Å². The zero-order valence-electron chi connectivity index (χ0n) is 10.2. The van der Waals surface area contributed by atoms with Crippen LogP contribution in [0.2, 0.25) is 0 Å². The van der Waals surface area contributed by atoms with Gasteiger partial charge in [-0.2, -0.15) is 0 Å². The lowest BCUT2D eigenvalue weighted by molar-refractivity contribution is 0.0996. The van der Waals surface area contributed by atoms with Gasteiger partial charge in [-0.3, -0.25) is 4.79 Å². The number of oxazole rings is 1. The van der Waals surface area contributed by atoms with Gasteiger partial charge in [-0.1, -0.05) is 12.1 Å². The maximum Gasteiger partial charge on any atom is 0.293 e. The van der Waals surface area contributed by atoms with Gasteiger partial charge in [-0.15, -0.1) is 0 Å². The van der Waals surface area contributed by atoms with Gasteiger partial charge in [0.05, 0.1) is 11.8 Å². The fourth-order valence-corrected chi connectivity index (χ4v) is 1.55. The standard InChI is InChI=1S/C13H14N2O3/c1-8-12(18-7-14-8)13(17)15-11-5-3-10(4-6-11)9(2)16/h3-7,9,16H,1-2H3,(H,15,17). The van der Waals surface area contributed by atoms with Gasteiger partial charge in [-0.25, -0.2) is 4.98 Å². The highest BCUT2D eigenvalue weighted by atomic mass is 16.3. The minimum Gasteiger partial charge on any atom is -0.438 e. The van der Waals surface area contributed by atoms with Crippen LogP contribution in [-0.2, 0) is 0 Å². The second kappa shape index (κ2) is 5.01. The number of nitrogens with zero attached hydrogens (tertiary/aromatic N) is 1. The summed E-state index contributed by atoms with van der Waals surface area (Å²) in [6, 6.07) is 6.97. The van der Waals surface area contributed by atoms with Gasteiger partial charge < -0.3 is 14.8 Å². The number of anilines is 1. The van der Waals surface area contributed by atoms with Crippen LogP contribution < -0.4 is 5.32 Å². The minimum absolute atomic E-state index is 0.203. The van der Waals surface area contributed by atoms with E-state index < -0.39 is 6.10 Å². The molecule has 0 saturated carbocycles. The van der Waals surface area contributed by atoms with E-state index in [9.17, 15) is 9.90 Å². The zero-order valence-corrected chi connectivity index (χ0v) is 10.2. The van der Waals surface area contributed by atoms with E-state index in [4.69, 9.17) is 4.42 Å². The zero-order chi connectivity index (χ0) is 13.1. The predicted octanol–water partition coefficient (Wildman–Crippen LogP) is 2.29. The van der Waals surface area contributed by atoms with Crippen LogP contribution in [0.5, 0.6) is 0 Å². The monoisotopic (exact) mass is 246 g/mol. The van der Waals surface area contributed by atoms with Gasteiger partial charge in [0, 0.05) is 5.69 Å². The molecule has 2 rings (SSSR count). The molecule has 94 valence electrons. The SMILES string of the molecule is Cc1ncoc1C(=O)Nc1ccc(C(C)O)cc1. The normalized spacial score (nSPS) is 12.2. The van der Waals surface area contributed by atoms with Crippen LogP contribution in [0.1, 0.15) is 34.8 Å². The lowest BCUT2D eigenvalue weighted by Gasteiger charge is -2.07. The molecular formula is C13H14N2O3. The molecule has 0 aliphatic rings. The third-order valence-electron chi connectivity index (χ3n) is 2.60. The number of aryl methyl sites for hydroxylation is 1. The van der Waals surface area contributed by atoms with Crippen LogP contribution in [-0.4, -0.2) is 16.0 Å². The number of amides is 1. The van der Waals surface area contributed by atoms with Crippen molar-refractivity contribution < 1.29 is 14.3 Å². The molecule has 0 bridgehead atoms. The lowest BCUT2D eigenvalue weighted by Crippen LogP contribution is -2.12. The number of hydrogen-bond donors (Lipinski definition) is 2. The molecule has 0 spiro atoms. The molecule has 2 N–H and O–H groups in total. The summed E-state index contributed by atoms with van der Waals surface area (Å²) in [7, 11) is 0. The van der Waals surface area contributed by atoms with E-state index in [2.05, 4.69) is 10.3 Å². The number of aromatic nitrogens is 1. The predicted molar refractivity (Wildman–Crippen MR) is 66.3 cm³/mol. The van der Waals surface area contributed by atoms with Crippen molar-refractivity contribution in [1.82, 2.24) is 4.98 Å². The van der Waals surface area contributed by atoms with E-state index in [0.29, 0.717) is 11.4 Å². The van der Waals surface area contributed by atoms with Gasteiger partial charge >= 0.3 is 0 Å². The summed E-state index contributed by atoms with van der Waals surface area (Å²) in [6.45, 7) is 3.39. The fraction of sp³-hybridized carbons (Fsp3) is 0.231. The van der Waals surface area contributed by atoms with Gasteiger partial charge in [-0.05, 0) is 31.5 Å². The van der Waals surface area contributed by atoms with Gasteiger partial charge in [0.25, 0.3) is 5.91 Å². The molecule has 18 heavy (non-hydrogen) atoms. The van der Waals surface area contributed by atoms with Crippen molar-refractivity contribution >= 4 is 11.6 Å². The highest BCUT2D eigenvalue weighted by Crippen LogP contribution is 2.16. The van der Waals surface area contributed by atoms with Gasteiger partial charge in [0.1, 0.15) is 0 Å². The van der Waals surface area contributed by atoms with E-state index in [1.165, 1.54) is 6.39 Å². The maximum atomic E-state index is 11.8. The lowest BCUT2D eigenvalue weighted by atomic mass is 10.1. The number of benzene rings is 1. The van der Waals surface area contributed by atoms with Crippen molar-refractivity contribution in [2.24, 2.45) is 0 Å². The molecule has 1 aromatic carbocycles. The molecule has 0 aliphatic carbocycles. The molecule has 5 heteroatoms. The molecule has 0 fully saturated rings. The average Bonchev–Trinajstić information content (AvgIpc) is 2.76. The molecule has 1 unspecified atom stereocenters. The first kappa shape index (κ1) is 12.3. The molecule has 0 radical (unpaired) electrons.